The van der Waals surface area contributed by atoms with Crippen molar-refractivity contribution in [1.29, 1.82) is 0 Å². The molecule has 1 aromatic rings. The smallest absolute Gasteiger partial charge is 0.169 e. The van der Waals surface area contributed by atoms with Gasteiger partial charge in [0.1, 0.15) is 5.76 Å². The molecule has 0 aliphatic carbocycles. The number of rotatable bonds is 5. The van der Waals surface area contributed by atoms with Crippen molar-refractivity contribution in [3.05, 3.63) is 22.6 Å². The summed E-state index contributed by atoms with van der Waals surface area (Å²) in [5, 5.41) is 3.24. The fraction of sp³-hybridized carbons (Fsp3) is 0.400. The summed E-state index contributed by atoms with van der Waals surface area (Å²) >= 11 is 3.25. The highest BCUT2D eigenvalue weighted by Gasteiger charge is 1.97. The van der Waals surface area contributed by atoms with Crippen LogP contribution in [0.3, 0.4) is 0 Å². The number of terminal acetylenes is 1. The van der Waals surface area contributed by atoms with Gasteiger partial charge < -0.3 is 9.73 Å². The maximum Gasteiger partial charge on any atom is 0.169 e. The van der Waals surface area contributed by atoms with Crippen LogP contribution in [0.5, 0.6) is 0 Å². The average Bonchev–Trinajstić information content (AvgIpc) is 2.51. The molecule has 0 aliphatic heterocycles. The third-order valence-corrected chi connectivity index (χ3v) is 2.03. The van der Waals surface area contributed by atoms with Gasteiger partial charge in [-0.25, -0.2) is 0 Å². The van der Waals surface area contributed by atoms with Crippen molar-refractivity contribution in [2.45, 2.75) is 19.4 Å². The van der Waals surface area contributed by atoms with E-state index < -0.39 is 0 Å². The van der Waals surface area contributed by atoms with Crippen molar-refractivity contribution >= 4 is 15.9 Å². The van der Waals surface area contributed by atoms with E-state index in [1.807, 2.05) is 12.1 Å². The minimum atomic E-state index is 0.760. The molecule has 70 valence electrons. The van der Waals surface area contributed by atoms with Crippen LogP contribution in [0.1, 0.15) is 18.6 Å². The molecular formula is C10H12BrNO. The molecule has 1 N–H and O–H groups in total. The molecule has 2 nitrogen and oxygen atoms in total. The summed E-state index contributed by atoms with van der Waals surface area (Å²) in [6, 6.07) is 3.83. The van der Waals surface area contributed by atoms with E-state index in [-0.39, 0.29) is 0 Å². The molecule has 1 heterocycles. The van der Waals surface area contributed by atoms with Crippen LogP contribution < -0.4 is 5.32 Å². The number of hydrogen-bond acceptors (Lipinski definition) is 2. The molecular weight excluding hydrogens is 230 g/mol. The van der Waals surface area contributed by atoms with Gasteiger partial charge in [0.15, 0.2) is 4.67 Å². The van der Waals surface area contributed by atoms with E-state index >= 15 is 0 Å². The largest absolute Gasteiger partial charge is 0.453 e. The summed E-state index contributed by atoms with van der Waals surface area (Å²) in [7, 11) is 0. The molecule has 0 spiro atoms. The highest BCUT2D eigenvalue weighted by atomic mass is 79.9. The lowest BCUT2D eigenvalue weighted by atomic mass is 10.3. The number of furan rings is 1. The van der Waals surface area contributed by atoms with Crippen molar-refractivity contribution in [2.75, 3.05) is 6.54 Å². The molecule has 0 aromatic carbocycles. The van der Waals surface area contributed by atoms with Crippen LogP contribution in [0.2, 0.25) is 0 Å². The molecule has 0 atom stereocenters. The van der Waals surface area contributed by atoms with Crippen molar-refractivity contribution in [1.82, 2.24) is 5.32 Å². The standard InChI is InChI=1S/C10H12BrNO/c1-2-3-4-7-12-8-9-5-6-10(11)13-9/h1,5-6,12H,3-4,7-8H2. The summed E-state index contributed by atoms with van der Waals surface area (Å²) in [5.74, 6) is 3.54. The SMILES string of the molecule is C#CCCCNCc1ccc(Br)o1. The highest BCUT2D eigenvalue weighted by Crippen LogP contribution is 2.13. The molecule has 1 aromatic heterocycles. The molecule has 0 saturated heterocycles. The predicted octanol–water partition coefficient (Wildman–Crippen LogP) is 2.55. The van der Waals surface area contributed by atoms with Gasteiger partial charge in [-0.3, -0.25) is 0 Å². The van der Waals surface area contributed by atoms with E-state index in [2.05, 4.69) is 27.2 Å². The van der Waals surface area contributed by atoms with Gasteiger partial charge in [-0.05, 0) is 41.0 Å². The van der Waals surface area contributed by atoms with Gasteiger partial charge in [-0.2, -0.15) is 0 Å². The third kappa shape index (κ3) is 4.16. The zero-order chi connectivity index (χ0) is 9.52. The Morgan fingerprint density at radius 2 is 2.38 bits per heavy atom. The van der Waals surface area contributed by atoms with Crippen LogP contribution in [0.15, 0.2) is 21.2 Å². The summed E-state index contributed by atoms with van der Waals surface area (Å²) in [6.07, 6.45) is 6.96. The minimum Gasteiger partial charge on any atom is -0.453 e. The summed E-state index contributed by atoms with van der Waals surface area (Å²) in [6.45, 7) is 1.69. The number of halogens is 1. The van der Waals surface area contributed by atoms with Crippen LogP contribution in [-0.2, 0) is 6.54 Å². The van der Waals surface area contributed by atoms with E-state index in [1.54, 1.807) is 0 Å². The van der Waals surface area contributed by atoms with E-state index in [9.17, 15) is 0 Å². The molecule has 0 amide bonds. The fourth-order valence-corrected chi connectivity index (χ4v) is 1.31. The van der Waals surface area contributed by atoms with Crippen molar-refractivity contribution in [3.63, 3.8) is 0 Å². The lowest BCUT2D eigenvalue weighted by Crippen LogP contribution is -2.13. The molecule has 0 aliphatic rings. The molecule has 0 bridgehead atoms. The first-order chi connectivity index (χ1) is 6.33. The Kier molecular flexibility index (Phi) is 4.66. The van der Waals surface area contributed by atoms with Crippen molar-refractivity contribution in [3.8, 4) is 12.3 Å². The van der Waals surface area contributed by atoms with Gasteiger partial charge in [0.25, 0.3) is 0 Å². The third-order valence-electron chi connectivity index (χ3n) is 1.60. The summed E-state index contributed by atoms with van der Waals surface area (Å²) in [5.41, 5.74) is 0. The molecule has 13 heavy (non-hydrogen) atoms. The molecule has 0 saturated carbocycles. The van der Waals surface area contributed by atoms with Gasteiger partial charge >= 0.3 is 0 Å². The summed E-state index contributed by atoms with van der Waals surface area (Å²) in [4.78, 5) is 0. The Labute approximate surface area is 86.8 Å². The second kappa shape index (κ2) is 5.85. The zero-order valence-corrected chi connectivity index (χ0v) is 8.93. The zero-order valence-electron chi connectivity index (χ0n) is 7.35. The van der Waals surface area contributed by atoms with Crippen LogP contribution in [0, 0.1) is 12.3 Å². The Morgan fingerprint density at radius 3 is 3.00 bits per heavy atom. The van der Waals surface area contributed by atoms with Crippen LogP contribution in [0.4, 0.5) is 0 Å². The summed E-state index contributed by atoms with van der Waals surface area (Å²) < 4.78 is 6.08. The molecule has 0 radical (unpaired) electrons. The van der Waals surface area contributed by atoms with E-state index in [4.69, 9.17) is 10.8 Å². The first-order valence-electron chi connectivity index (χ1n) is 4.21. The normalized spacial score (nSPS) is 9.85. The Morgan fingerprint density at radius 1 is 1.54 bits per heavy atom. The van der Waals surface area contributed by atoms with Gasteiger partial charge in [0.05, 0.1) is 6.54 Å². The van der Waals surface area contributed by atoms with Crippen LogP contribution in [-0.4, -0.2) is 6.54 Å². The first-order valence-corrected chi connectivity index (χ1v) is 5.00. The lowest BCUT2D eigenvalue weighted by Gasteiger charge is -1.99. The topological polar surface area (TPSA) is 25.2 Å². The number of unbranched alkanes of at least 4 members (excludes halogenated alkanes) is 1. The number of hydrogen-bond donors (Lipinski definition) is 1. The van der Waals surface area contributed by atoms with Crippen molar-refractivity contribution < 1.29 is 4.42 Å². The predicted molar refractivity (Wildman–Crippen MR) is 56.2 cm³/mol. The van der Waals surface area contributed by atoms with Crippen molar-refractivity contribution in [2.24, 2.45) is 0 Å². The van der Waals surface area contributed by atoms with Gasteiger partial charge in [-0.15, -0.1) is 12.3 Å². The maximum absolute atomic E-state index is 5.30. The Hall–Kier alpha value is -0.720. The Balaban J connectivity index is 2.10. The van der Waals surface area contributed by atoms with E-state index in [0.717, 1.165) is 36.4 Å². The molecule has 1 rings (SSSR count). The minimum absolute atomic E-state index is 0.760. The van der Waals surface area contributed by atoms with Gasteiger partial charge in [0.2, 0.25) is 0 Å². The lowest BCUT2D eigenvalue weighted by molar-refractivity contribution is 0.464. The van der Waals surface area contributed by atoms with Gasteiger partial charge in [0, 0.05) is 6.42 Å². The fourth-order valence-electron chi connectivity index (χ4n) is 0.974. The maximum atomic E-state index is 5.30. The highest BCUT2D eigenvalue weighted by molar-refractivity contribution is 9.10. The molecule has 0 fully saturated rings. The second-order valence-corrected chi connectivity index (χ2v) is 3.47. The first kappa shape index (κ1) is 10.4. The number of nitrogens with one attached hydrogen (secondary N) is 1. The van der Waals surface area contributed by atoms with E-state index in [1.165, 1.54) is 0 Å². The van der Waals surface area contributed by atoms with Gasteiger partial charge in [-0.1, -0.05) is 0 Å². The van der Waals surface area contributed by atoms with Crippen LogP contribution >= 0.6 is 15.9 Å². The van der Waals surface area contributed by atoms with E-state index in [0.29, 0.717) is 0 Å². The monoisotopic (exact) mass is 241 g/mol. The Bertz CT molecular complexity index is 287. The molecule has 3 heteroatoms. The second-order valence-electron chi connectivity index (χ2n) is 2.69. The quantitative estimate of drug-likeness (QED) is 0.634. The van der Waals surface area contributed by atoms with Crippen LogP contribution in [0.25, 0.3) is 0 Å². The molecule has 0 unspecified atom stereocenters. The average molecular weight is 242 g/mol.